The number of ether oxygens (including phenoxy) is 2. The standard InChI is InChI=1S/C25H26ClN3O3/c1-18-14-21(15-22(26)24(18)20-12-8-5-9-13-20)29(25(30)27-17-23(31-2)32-3)28-16-19-10-6-4-7-11-19/h4-16,23H,17H2,1-3H3,(H,27,30)/b28-16+. The van der Waals surface area contributed by atoms with Crippen molar-refractivity contribution in [1.82, 2.24) is 5.32 Å². The molecule has 3 aromatic carbocycles. The molecule has 32 heavy (non-hydrogen) atoms. The number of amides is 2. The summed E-state index contributed by atoms with van der Waals surface area (Å²) in [7, 11) is 3.02. The van der Waals surface area contributed by atoms with Gasteiger partial charge in [-0.25, -0.2) is 4.79 Å². The lowest BCUT2D eigenvalue weighted by atomic mass is 10.00. The van der Waals surface area contributed by atoms with Crippen LogP contribution in [0.4, 0.5) is 10.5 Å². The Kier molecular flexibility index (Phi) is 8.39. The van der Waals surface area contributed by atoms with Crippen LogP contribution < -0.4 is 10.3 Å². The fourth-order valence-corrected chi connectivity index (χ4v) is 3.60. The van der Waals surface area contributed by atoms with Crippen LogP contribution in [0.15, 0.2) is 77.9 Å². The number of hydrogen-bond acceptors (Lipinski definition) is 4. The van der Waals surface area contributed by atoms with Crippen LogP contribution in [0, 0.1) is 6.92 Å². The van der Waals surface area contributed by atoms with Crippen molar-refractivity contribution in [2.45, 2.75) is 13.2 Å². The monoisotopic (exact) mass is 451 g/mol. The summed E-state index contributed by atoms with van der Waals surface area (Å²) in [6.07, 6.45) is 1.06. The molecule has 0 saturated heterocycles. The van der Waals surface area contributed by atoms with Crippen molar-refractivity contribution in [2.24, 2.45) is 5.10 Å². The first kappa shape index (κ1) is 23.5. The van der Waals surface area contributed by atoms with Crippen molar-refractivity contribution < 1.29 is 14.3 Å². The molecule has 0 aliphatic carbocycles. The number of benzene rings is 3. The Morgan fingerprint density at radius 1 is 1.06 bits per heavy atom. The van der Waals surface area contributed by atoms with Crippen LogP contribution in [0.3, 0.4) is 0 Å². The van der Waals surface area contributed by atoms with Gasteiger partial charge in [0.05, 0.1) is 23.5 Å². The summed E-state index contributed by atoms with van der Waals surface area (Å²) < 4.78 is 10.3. The molecular formula is C25H26ClN3O3. The first-order valence-electron chi connectivity index (χ1n) is 10.1. The maximum absolute atomic E-state index is 13.0. The summed E-state index contributed by atoms with van der Waals surface area (Å²) in [5.41, 5.74) is 4.26. The number of hydrazone groups is 1. The van der Waals surface area contributed by atoms with E-state index in [1.165, 1.54) is 19.2 Å². The SMILES string of the molecule is COC(CNC(=O)N(/N=C/c1ccccc1)c1cc(C)c(-c2ccccc2)c(Cl)c1)OC. The number of nitrogens with one attached hydrogen (secondary N) is 1. The largest absolute Gasteiger partial charge is 0.354 e. The van der Waals surface area contributed by atoms with E-state index in [2.05, 4.69) is 10.4 Å². The lowest BCUT2D eigenvalue weighted by molar-refractivity contribution is -0.0970. The van der Waals surface area contributed by atoms with E-state index in [9.17, 15) is 4.79 Å². The van der Waals surface area contributed by atoms with Gasteiger partial charge in [0.15, 0.2) is 6.29 Å². The first-order valence-corrected chi connectivity index (χ1v) is 10.5. The number of aryl methyl sites for hydroxylation is 1. The van der Waals surface area contributed by atoms with Gasteiger partial charge in [0.1, 0.15) is 0 Å². The van der Waals surface area contributed by atoms with Crippen molar-refractivity contribution in [2.75, 3.05) is 25.8 Å². The minimum absolute atomic E-state index is 0.165. The van der Waals surface area contributed by atoms with Gasteiger partial charge in [0.25, 0.3) is 0 Å². The van der Waals surface area contributed by atoms with Crippen LogP contribution in [0.2, 0.25) is 5.02 Å². The number of urea groups is 1. The van der Waals surface area contributed by atoms with Gasteiger partial charge in [-0.3, -0.25) is 0 Å². The van der Waals surface area contributed by atoms with Gasteiger partial charge in [-0.05, 0) is 35.7 Å². The lowest BCUT2D eigenvalue weighted by Crippen LogP contribution is -2.41. The average Bonchev–Trinajstić information content (AvgIpc) is 2.81. The zero-order valence-corrected chi connectivity index (χ0v) is 19.0. The number of hydrogen-bond donors (Lipinski definition) is 1. The molecule has 0 heterocycles. The molecule has 1 N–H and O–H groups in total. The summed E-state index contributed by atoms with van der Waals surface area (Å²) in [6.45, 7) is 2.12. The summed E-state index contributed by atoms with van der Waals surface area (Å²) in [6, 6.07) is 22.6. The molecule has 0 aromatic heterocycles. The van der Waals surface area contributed by atoms with Crippen LogP contribution in [-0.4, -0.2) is 39.3 Å². The molecule has 0 radical (unpaired) electrons. The second-order valence-electron chi connectivity index (χ2n) is 7.04. The highest BCUT2D eigenvalue weighted by molar-refractivity contribution is 6.34. The Hall–Kier alpha value is -3.19. The van der Waals surface area contributed by atoms with Crippen LogP contribution in [-0.2, 0) is 9.47 Å². The number of rotatable bonds is 8. The van der Waals surface area contributed by atoms with E-state index < -0.39 is 12.3 Å². The van der Waals surface area contributed by atoms with Crippen LogP contribution >= 0.6 is 11.6 Å². The third kappa shape index (κ3) is 5.95. The summed E-state index contributed by atoms with van der Waals surface area (Å²) >= 11 is 6.66. The lowest BCUT2D eigenvalue weighted by Gasteiger charge is -2.21. The number of methoxy groups -OCH3 is 2. The van der Waals surface area contributed by atoms with Gasteiger partial charge >= 0.3 is 6.03 Å². The summed E-state index contributed by atoms with van der Waals surface area (Å²) in [5.74, 6) is 0. The summed E-state index contributed by atoms with van der Waals surface area (Å²) in [5, 5.41) is 9.03. The number of carbonyl (C=O) groups excluding carboxylic acids is 1. The molecule has 7 heteroatoms. The number of carbonyl (C=O) groups is 1. The fraction of sp³-hybridized carbons (Fsp3) is 0.200. The van der Waals surface area contributed by atoms with Crippen LogP contribution in [0.25, 0.3) is 11.1 Å². The van der Waals surface area contributed by atoms with Gasteiger partial charge in [-0.15, -0.1) is 0 Å². The molecule has 3 rings (SSSR count). The molecule has 0 aliphatic heterocycles. The predicted molar refractivity (Wildman–Crippen MR) is 129 cm³/mol. The van der Waals surface area contributed by atoms with Gasteiger partial charge < -0.3 is 14.8 Å². The topological polar surface area (TPSA) is 63.2 Å². The Bertz CT molecular complexity index is 1030. The Morgan fingerprint density at radius 2 is 1.69 bits per heavy atom. The molecule has 0 atom stereocenters. The molecule has 0 fully saturated rings. The maximum Gasteiger partial charge on any atom is 0.342 e. The van der Waals surface area contributed by atoms with E-state index in [0.717, 1.165) is 22.3 Å². The molecular weight excluding hydrogens is 426 g/mol. The smallest absolute Gasteiger partial charge is 0.342 e. The fourth-order valence-electron chi connectivity index (χ4n) is 3.23. The normalized spacial score (nSPS) is 11.2. The number of halogens is 1. The van der Waals surface area contributed by atoms with Gasteiger partial charge in [-0.1, -0.05) is 72.3 Å². The highest BCUT2D eigenvalue weighted by atomic mass is 35.5. The molecule has 0 saturated carbocycles. The Balaban J connectivity index is 1.95. The number of anilines is 1. The molecule has 166 valence electrons. The van der Waals surface area contributed by atoms with Crippen LogP contribution in [0.1, 0.15) is 11.1 Å². The molecule has 0 unspecified atom stereocenters. The molecule has 0 spiro atoms. The average molecular weight is 452 g/mol. The zero-order valence-electron chi connectivity index (χ0n) is 18.3. The van der Waals surface area contributed by atoms with E-state index in [1.807, 2.05) is 73.7 Å². The van der Waals surface area contributed by atoms with Crippen molar-refractivity contribution in [3.8, 4) is 11.1 Å². The molecule has 3 aromatic rings. The Morgan fingerprint density at radius 3 is 2.28 bits per heavy atom. The first-order chi connectivity index (χ1) is 15.5. The van der Waals surface area contributed by atoms with E-state index in [4.69, 9.17) is 21.1 Å². The maximum atomic E-state index is 13.0. The highest BCUT2D eigenvalue weighted by Crippen LogP contribution is 2.35. The van der Waals surface area contributed by atoms with Crippen molar-refractivity contribution in [3.63, 3.8) is 0 Å². The second kappa shape index (κ2) is 11.4. The predicted octanol–water partition coefficient (Wildman–Crippen LogP) is 5.48. The minimum Gasteiger partial charge on any atom is -0.354 e. The quantitative estimate of drug-likeness (QED) is 0.280. The van der Waals surface area contributed by atoms with Gasteiger partial charge in [-0.2, -0.15) is 10.1 Å². The number of nitrogens with zero attached hydrogens (tertiary/aromatic N) is 2. The highest BCUT2D eigenvalue weighted by Gasteiger charge is 2.19. The van der Waals surface area contributed by atoms with Crippen LogP contribution in [0.5, 0.6) is 0 Å². The Labute approximate surface area is 193 Å². The van der Waals surface area contributed by atoms with E-state index >= 15 is 0 Å². The third-order valence-corrected chi connectivity index (χ3v) is 5.14. The van der Waals surface area contributed by atoms with Gasteiger partial charge in [0, 0.05) is 19.8 Å². The summed E-state index contributed by atoms with van der Waals surface area (Å²) in [4.78, 5) is 13.0. The molecule has 2 amide bonds. The zero-order chi connectivity index (χ0) is 22.9. The van der Waals surface area contributed by atoms with Crippen molar-refractivity contribution >= 4 is 29.5 Å². The van der Waals surface area contributed by atoms with Crippen molar-refractivity contribution in [3.05, 3.63) is 88.9 Å². The third-order valence-electron chi connectivity index (χ3n) is 4.84. The van der Waals surface area contributed by atoms with Crippen molar-refractivity contribution in [1.29, 1.82) is 0 Å². The van der Waals surface area contributed by atoms with E-state index in [-0.39, 0.29) is 6.54 Å². The van der Waals surface area contributed by atoms with Gasteiger partial charge in [0.2, 0.25) is 0 Å². The minimum atomic E-state index is -0.565. The molecule has 6 nitrogen and oxygen atoms in total. The van der Waals surface area contributed by atoms with E-state index in [1.54, 1.807) is 12.3 Å². The second-order valence-corrected chi connectivity index (χ2v) is 7.45. The molecule has 0 aliphatic rings. The molecule has 0 bridgehead atoms. The van der Waals surface area contributed by atoms with E-state index in [0.29, 0.717) is 10.7 Å².